The van der Waals surface area contributed by atoms with Crippen LogP contribution in [0.2, 0.25) is 0 Å². The van der Waals surface area contributed by atoms with Gasteiger partial charge in [-0.05, 0) is 24.5 Å². The first-order chi connectivity index (χ1) is 8.65. The lowest BCUT2D eigenvalue weighted by Crippen LogP contribution is -2.19. The van der Waals surface area contributed by atoms with Crippen molar-refractivity contribution < 1.29 is 9.90 Å². The van der Waals surface area contributed by atoms with Gasteiger partial charge in [-0.15, -0.1) is 11.6 Å². The van der Waals surface area contributed by atoms with Crippen molar-refractivity contribution in [2.24, 2.45) is 0 Å². The second-order valence-corrected chi connectivity index (χ2v) is 4.22. The molecule has 2 N–H and O–H groups in total. The Morgan fingerprint density at radius 2 is 2.22 bits per heavy atom. The Hall–Kier alpha value is -1.88. The van der Waals surface area contributed by atoms with Gasteiger partial charge in [0.1, 0.15) is 0 Å². The highest BCUT2D eigenvalue weighted by Gasteiger charge is 2.15. The Morgan fingerprint density at radius 1 is 1.44 bits per heavy atom. The van der Waals surface area contributed by atoms with Gasteiger partial charge in [0.2, 0.25) is 11.1 Å². The molecule has 0 atom stereocenters. The number of aromatic carboxylic acids is 1. The van der Waals surface area contributed by atoms with E-state index in [1.165, 1.54) is 0 Å². The molecule has 0 aliphatic heterocycles. The fraction of sp³-hybridized carbons (Fsp3) is 0.250. The zero-order valence-electron chi connectivity index (χ0n) is 9.44. The number of aromatic amines is 1. The third-order valence-corrected chi connectivity index (χ3v) is 2.93. The number of fused-ring (bicyclic) bond motifs is 1. The van der Waals surface area contributed by atoms with Gasteiger partial charge in [-0.25, -0.2) is 4.79 Å². The summed E-state index contributed by atoms with van der Waals surface area (Å²) in [4.78, 5) is 22.9. The molecular weight excluding hydrogens is 256 g/mol. The summed E-state index contributed by atoms with van der Waals surface area (Å²) in [5, 5.41) is 15.4. The summed E-state index contributed by atoms with van der Waals surface area (Å²) in [5.74, 6) is -0.837. The van der Waals surface area contributed by atoms with Gasteiger partial charge in [0, 0.05) is 5.88 Å². The Bertz CT molecular complexity index is 651. The number of hydrogen-bond donors (Lipinski definition) is 2. The van der Waals surface area contributed by atoms with Gasteiger partial charge in [-0.3, -0.25) is 9.89 Å². The fourth-order valence-electron chi connectivity index (χ4n) is 1.86. The molecule has 0 saturated heterocycles. The summed E-state index contributed by atoms with van der Waals surface area (Å²) in [5.41, 5.74) is 0.290. The molecule has 6 heteroatoms. The molecule has 0 unspecified atom stereocenters. The number of hydrogen-bond acceptors (Lipinski definition) is 3. The lowest BCUT2D eigenvalue weighted by molar-refractivity contribution is 0.0688. The molecule has 1 aromatic heterocycles. The molecule has 94 valence electrons. The van der Waals surface area contributed by atoms with E-state index in [1.807, 2.05) is 0 Å². The number of aromatic nitrogens is 2. The van der Waals surface area contributed by atoms with E-state index in [4.69, 9.17) is 16.7 Å². The molecule has 5 nitrogen and oxygen atoms in total. The van der Waals surface area contributed by atoms with Gasteiger partial charge in [-0.2, -0.15) is 5.10 Å². The molecule has 18 heavy (non-hydrogen) atoms. The molecule has 1 aromatic carbocycles. The molecule has 0 fully saturated rings. The minimum absolute atomic E-state index is 0.384. The van der Waals surface area contributed by atoms with Crippen molar-refractivity contribution in [2.75, 3.05) is 5.88 Å². The summed E-state index contributed by atoms with van der Waals surface area (Å²) in [6, 6.07) is 5.29. The number of aryl methyl sites for hydroxylation is 1. The smallest absolute Gasteiger partial charge is 0.360 e. The third-order valence-electron chi connectivity index (χ3n) is 2.66. The molecule has 0 radical (unpaired) electrons. The molecule has 1 heterocycles. The van der Waals surface area contributed by atoms with E-state index in [0.717, 1.165) is 12.0 Å². The van der Waals surface area contributed by atoms with Gasteiger partial charge in [0.25, 0.3) is 0 Å². The van der Waals surface area contributed by atoms with Crippen molar-refractivity contribution in [3.8, 4) is 0 Å². The normalized spacial score (nSPS) is 10.7. The number of halogens is 1. The number of nitrogens with zero attached hydrogens (tertiary/aromatic N) is 1. The predicted molar refractivity (Wildman–Crippen MR) is 68.4 cm³/mol. The quantitative estimate of drug-likeness (QED) is 0.827. The Balaban J connectivity index is 2.69. The molecule has 0 bridgehead atoms. The molecule has 0 aliphatic carbocycles. The van der Waals surface area contributed by atoms with E-state index < -0.39 is 17.1 Å². The Labute approximate surface area is 107 Å². The second-order valence-electron chi connectivity index (χ2n) is 3.84. The van der Waals surface area contributed by atoms with Crippen LogP contribution in [0.4, 0.5) is 0 Å². The van der Waals surface area contributed by atoms with Crippen LogP contribution in [0.1, 0.15) is 22.5 Å². The molecule has 0 amide bonds. The number of carboxylic acid groups (broad SMARTS) is 1. The van der Waals surface area contributed by atoms with Gasteiger partial charge in [0.15, 0.2) is 0 Å². The number of nitrogens with one attached hydrogen (secondary N) is 1. The van der Waals surface area contributed by atoms with E-state index in [1.54, 1.807) is 18.2 Å². The Morgan fingerprint density at radius 3 is 2.89 bits per heavy atom. The summed E-state index contributed by atoms with van der Waals surface area (Å²) in [6.45, 7) is 0. The van der Waals surface area contributed by atoms with Crippen LogP contribution < -0.4 is 5.43 Å². The van der Waals surface area contributed by atoms with Crippen LogP contribution in [0.25, 0.3) is 10.9 Å². The van der Waals surface area contributed by atoms with E-state index in [0.29, 0.717) is 23.2 Å². The maximum Gasteiger partial charge on any atom is 0.360 e. The van der Waals surface area contributed by atoms with Crippen molar-refractivity contribution in [2.45, 2.75) is 12.8 Å². The SMILES string of the molecule is O=C(O)c1n[nH]c2cccc(CCCCl)c2c1=O. The molecular formula is C12H11ClN2O3. The maximum atomic E-state index is 12.1. The van der Waals surface area contributed by atoms with Crippen molar-refractivity contribution in [1.29, 1.82) is 0 Å². The number of carboxylic acids is 1. The van der Waals surface area contributed by atoms with Crippen LogP contribution in [0.15, 0.2) is 23.0 Å². The number of carbonyl (C=O) groups is 1. The molecule has 0 saturated carbocycles. The van der Waals surface area contributed by atoms with Gasteiger partial charge >= 0.3 is 5.97 Å². The summed E-state index contributed by atoms with van der Waals surface area (Å²) < 4.78 is 0. The van der Waals surface area contributed by atoms with Crippen LogP contribution in [-0.4, -0.2) is 27.2 Å². The molecule has 2 aromatic rings. The zero-order valence-corrected chi connectivity index (χ0v) is 10.2. The number of rotatable bonds is 4. The zero-order chi connectivity index (χ0) is 13.1. The molecule has 0 spiro atoms. The largest absolute Gasteiger partial charge is 0.476 e. The minimum Gasteiger partial charge on any atom is -0.476 e. The number of benzene rings is 1. The van der Waals surface area contributed by atoms with Crippen LogP contribution in [0.5, 0.6) is 0 Å². The maximum absolute atomic E-state index is 12.1. The van der Waals surface area contributed by atoms with Gasteiger partial charge < -0.3 is 5.11 Å². The number of H-pyrrole nitrogens is 1. The van der Waals surface area contributed by atoms with Crippen molar-refractivity contribution in [3.63, 3.8) is 0 Å². The first-order valence-electron chi connectivity index (χ1n) is 5.44. The van der Waals surface area contributed by atoms with Crippen molar-refractivity contribution >= 4 is 28.5 Å². The monoisotopic (exact) mass is 266 g/mol. The van der Waals surface area contributed by atoms with E-state index in [2.05, 4.69) is 10.2 Å². The van der Waals surface area contributed by atoms with Crippen LogP contribution in [0, 0.1) is 0 Å². The lowest BCUT2D eigenvalue weighted by atomic mass is 10.0. The average molecular weight is 267 g/mol. The van der Waals surface area contributed by atoms with E-state index in [9.17, 15) is 9.59 Å². The van der Waals surface area contributed by atoms with E-state index in [-0.39, 0.29) is 0 Å². The van der Waals surface area contributed by atoms with Crippen LogP contribution in [0.3, 0.4) is 0 Å². The first kappa shape index (κ1) is 12.6. The third kappa shape index (κ3) is 2.22. The predicted octanol–water partition coefficient (Wildman–Crippen LogP) is 1.79. The summed E-state index contributed by atoms with van der Waals surface area (Å²) in [6.07, 6.45) is 1.36. The number of alkyl halides is 1. The summed E-state index contributed by atoms with van der Waals surface area (Å²) in [7, 11) is 0. The fourth-order valence-corrected chi connectivity index (χ4v) is 1.99. The van der Waals surface area contributed by atoms with Crippen molar-refractivity contribution in [3.05, 3.63) is 39.7 Å². The van der Waals surface area contributed by atoms with Crippen LogP contribution in [-0.2, 0) is 6.42 Å². The van der Waals surface area contributed by atoms with Crippen LogP contribution >= 0.6 is 11.6 Å². The Kier molecular flexibility index (Phi) is 3.62. The highest BCUT2D eigenvalue weighted by atomic mass is 35.5. The van der Waals surface area contributed by atoms with E-state index >= 15 is 0 Å². The first-order valence-corrected chi connectivity index (χ1v) is 5.98. The minimum atomic E-state index is -1.33. The highest BCUT2D eigenvalue weighted by Crippen LogP contribution is 2.15. The summed E-state index contributed by atoms with van der Waals surface area (Å²) >= 11 is 5.63. The molecule has 0 aliphatic rings. The van der Waals surface area contributed by atoms with Crippen molar-refractivity contribution in [1.82, 2.24) is 10.2 Å². The topological polar surface area (TPSA) is 83.0 Å². The van der Waals surface area contributed by atoms with Gasteiger partial charge in [-0.1, -0.05) is 12.1 Å². The lowest BCUT2D eigenvalue weighted by Gasteiger charge is -2.05. The van der Waals surface area contributed by atoms with Gasteiger partial charge in [0.05, 0.1) is 10.9 Å². The second kappa shape index (κ2) is 5.18. The highest BCUT2D eigenvalue weighted by molar-refractivity contribution is 6.17. The standard InChI is InChI=1S/C12H11ClN2O3/c13-6-2-4-7-3-1-5-8-9(7)11(16)10(12(17)18)15-14-8/h1,3,5H,2,4,6H2,(H,14,16)(H,17,18). The molecule has 2 rings (SSSR count). The average Bonchev–Trinajstić information content (AvgIpc) is 2.36.